The Morgan fingerprint density at radius 1 is 1.39 bits per heavy atom. The van der Waals surface area contributed by atoms with Crippen LogP contribution < -0.4 is 15.8 Å². The fourth-order valence-corrected chi connectivity index (χ4v) is 1.91. The molecule has 2 rings (SSSR count). The van der Waals surface area contributed by atoms with Crippen LogP contribution in [0.4, 0.5) is 0 Å². The van der Waals surface area contributed by atoms with Crippen molar-refractivity contribution in [2.24, 2.45) is 0 Å². The molecule has 0 saturated heterocycles. The topological polar surface area (TPSA) is 109 Å². The summed E-state index contributed by atoms with van der Waals surface area (Å²) < 4.78 is 6.58. The average molecular weight is 318 g/mol. The Bertz CT molecular complexity index is 729. The Labute approximate surface area is 132 Å². The average Bonchev–Trinajstić information content (AvgIpc) is 2.55. The van der Waals surface area contributed by atoms with Crippen molar-refractivity contribution >= 4 is 5.90 Å². The number of hydrogen-bond donors (Lipinski definition) is 3. The van der Waals surface area contributed by atoms with Crippen LogP contribution in [-0.2, 0) is 11.4 Å². The lowest BCUT2D eigenvalue weighted by Crippen LogP contribution is -2.26. The van der Waals surface area contributed by atoms with Crippen LogP contribution in [0.1, 0.15) is 11.3 Å². The summed E-state index contributed by atoms with van der Waals surface area (Å²) >= 11 is 0. The highest BCUT2D eigenvalue weighted by Gasteiger charge is 2.08. The van der Waals surface area contributed by atoms with Crippen LogP contribution in [0.2, 0.25) is 0 Å². The van der Waals surface area contributed by atoms with Crippen LogP contribution in [0.25, 0.3) is 0 Å². The van der Waals surface area contributed by atoms with Gasteiger partial charge in [-0.25, -0.2) is 4.68 Å². The summed E-state index contributed by atoms with van der Waals surface area (Å²) in [7, 11) is 1.53. The first-order valence-electron chi connectivity index (χ1n) is 6.97. The van der Waals surface area contributed by atoms with Crippen LogP contribution in [0.5, 0.6) is 5.75 Å². The number of nitrogens with zero attached hydrogens (tertiary/aromatic N) is 2. The second-order valence-electron chi connectivity index (χ2n) is 4.57. The van der Waals surface area contributed by atoms with Crippen molar-refractivity contribution in [3.8, 4) is 5.75 Å². The fraction of sp³-hybridized carbons (Fsp3) is 0.267. The number of aromatic nitrogens is 2. The largest absolute Gasteiger partial charge is 0.491 e. The van der Waals surface area contributed by atoms with Crippen molar-refractivity contribution in [1.29, 1.82) is 5.41 Å². The maximum absolute atomic E-state index is 11.9. The predicted molar refractivity (Wildman–Crippen MR) is 83.6 cm³/mol. The Morgan fingerprint density at radius 2 is 2.22 bits per heavy atom. The van der Waals surface area contributed by atoms with Crippen molar-refractivity contribution in [3.05, 3.63) is 58.0 Å². The van der Waals surface area contributed by atoms with E-state index in [1.807, 2.05) is 6.07 Å². The minimum Gasteiger partial charge on any atom is -0.491 e. The van der Waals surface area contributed by atoms with Crippen LogP contribution in [0.3, 0.4) is 0 Å². The molecular weight excluding hydrogens is 300 g/mol. The van der Waals surface area contributed by atoms with E-state index in [1.54, 1.807) is 18.2 Å². The number of benzene rings is 1. The summed E-state index contributed by atoms with van der Waals surface area (Å²) in [6, 6.07) is 9.93. The highest BCUT2D eigenvalue weighted by molar-refractivity contribution is 5.88. The number of nitrogens with one attached hydrogen (secondary N) is 2. The van der Waals surface area contributed by atoms with Crippen LogP contribution in [0.15, 0.2) is 41.2 Å². The lowest BCUT2D eigenvalue weighted by molar-refractivity contribution is 0.201. The van der Waals surface area contributed by atoms with Gasteiger partial charge < -0.3 is 14.7 Å². The molecule has 0 saturated carbocycles. The maximum Gasteiger partial charge on any atom is 0.267 e. The smallest absolute Gasteiger partial charge is 0.267 e. The minimum absolute atomic E-state index is 0.0686. The molecular formula is C15H18N4O4. The van der Waals surface area contributed by atoms with Crippen LogP contribution >= 0.6 is 0 Å². The van der Waals surface area contributed by atoms with E-state index in [2.05, 4.69) is 10.6 Å². The summed E-state index contributed by atoms with van der Waals surface area (Å²) in [4.78, 5) is 16.8. The zero-order valence-electron chi connectivity index (χ0n) is 12.7. The molecule has 0 bridgehead atoms. The van der Waals surface area contributed by atoms with Gasteiger partial charge in [-0.1, -0.05) is 12.1 Å². The molecule has 0 aliphatic heterocycles. The van der Waals surface area contributed by atoms with Crippen LogP contribution in [0, 0.1) is 5.41 Å². The fourth-order valence-electron chi connectivity index (χ4n) is 1.91. The molecule has 8 heteroatoms. The van der Waals surface area contributed by atoms with Gasteiger partial charge in [-0.2, -0.15) is 10.6 Å². The van der Waals surface area contributed by atoms with E-state index >= 15 is 0 Å². The van der Waals surface area contributed by atoms with Crippen molar-refractivity contribution in [1.82, 2.24) is 15.3 Å². The number of rotatable bonds is 7. The second kappa shape index (κ2) is 8.06. The van der Waals surface area contributed by atoms with E-state index in [4.69, 9.17) is 20.1 Å². The van der Waals surface area contributed by atoms with E-state index < -0.39 is 0 Å². The third-order valence-electron chi connectivity index (χ3n) is 2.89. The number of aliphatic hydroxyl groups is 1. The summed E-state index contributed by atoms with van der Waals surface area (Å²) in [5, 5.41) is 20.6. The van der Waals surface area contributed by atoms with Crippen molar-refractivity contribution in [2.45, 2.75) is 6.54 Å². The van der Waals surface area contributed by atoms with Gasteiger partial charge >= 0.3 is 0 Å². The summed E-state index contributed by atoms with van der Waals surface area (Å²) in [6.45, 7) is 0.367. The molecule has 1 heterocycles. The van der Waals surface area contributed by atoms with Gasteiger partial charge in [0.25, 0.3) is 11.5 Å². The standard InChI is InChI=1S/C15H18N4O4/c1-17-23-15(16)13-5-6-14(21)19(18-13)10-11-3-2-4-12(9-11)22-8-7-20/h2-6,9,16-17,20H,7-8,10H2,1H3. The van der Waals surface area contributed by atoms with Gasteiger partial charge in [-0.05, 0) is 23.8 Å². The molecule has 122 valence electrons. The zero-order chi connectivity index (χ0) is 16.7. The van der Waals surface area contributed by atoms with Gasteiger partial charge in [0.1, 0.15) is 18.1 Å². The van der Waals surface area contributed by atoms with E-state index in [-0.39, 0.29) is 36.9 Å². The third-order valence-corrected chi connectivity index (χ3v) is 2.89. The zero-order valence-corrected chi connectivity index (χ0v) is 12.7. The van der Waals surface area contributed by atoms with Gasteiger partial charge in [0, 0.05) is 13.1 Å². The number of hydroxylamine groups is 1. The molecule has 0 aliphatic rings. The molecule has 2 aromatic rings. The van der Waals surface area contributed by atoms with Gasteiger partial charge in [0.05, 0.1) is 13.2 Å². The first kappa shape index (κ1) is 16.7. The molecule has 8 nitrogen and oxygen atoms in total. The highest BCUT2D eigenvalue weighted by atomic mass is 16.6. The normalized spacial score (nSPS) is 10.3. The first-order valence-corrected chi connectivity index (χ1v) is 6.97. The van der Waals surface area contributed by atoms with Crippen LogP contribution in [-0.4, -0.2) is 41.0 Å². The lowest BCUT2D eigenvalue weighted by atomic mass is 10.2. The van der Waals surface area contributed by atoms with E-state index in [0.29, 0.717) is 5.75 Å². The minimum atomic E-state index is -0.285. The van der Waals surface area contributed by atoms with Gasteiger partial charge in [-0.15, -0.1) is 0 Å². The molecule has 1 aromatic carbocycles. The number of hydrogen-bond acceptors (Lipinski definition) is 7. The molecule has 0 radical (unpaired) electrons. The number of aliphatic hydroxyl groups excluding tert-OH is 1. The van der Waals surface area contributed by atoms with E-state index in [0.717, 1.165) is 5.56 Å². The molecule has 0 amide bonds. The highest BCUT2D eigenvalue weighted by Crippen LogP contribution is 2.13. The van der Waals surface area contributed by atoms with Crippen molar-refractivity contribution in [3.63, 3.8) is 0 Å². The predicted octanol–water partition coefficient (Wildman–Crippen LogP) is 0.139. The molecule has 1 aromatic heterocycles. The quantitative estimate of drug-likeness (QED) is 0.380. The summed E-state index contributed by atoms with van der Waals surface area (Å²) in [5.74, 6) is 0.424. The van der Waals surface area contributed by atoms with Gasteiger partial charge in [0.2, 0.25) is 0 Å². The Hall–Kier alpha value is -2.71. The molecule has 0 spiro atoms. The van der Waals surface area contributed by atoms with E-state index in [1.165, 1.54) is 23.9 Å². The molecule has 0 atom stereocenters. The monoisotopic (exact) mass is 318 g/mol. The lowest BCUT2D eigenvalue weighted by Gasteiger charge is -2.09. The Balaban J connectivity index is 2.20. The summed E-state index contributed by atoms with van der Waals surface area (Å²) in [5.41, 5.74) is 3.16. The Morgan fingerprint density at radius 3 is 2.96 bits per heavy atom. The molecule has 0 unspecified atom stereocenters. The van der Waals surface area contributed by atoms with Crippen molar-refractivity contribution < 1.29 is 14.7 Å². The molecule has 3 N–H and O–H groups in total. The van der Waals surface area contributed by atoms with Gasteiger partial charge in [-0.3, -0.25) is 10.2 Å². The first-order chi connectivity index (χ1) is 11.1. The SMILES string of the molecule is CNOC(=N)c1ccc(=O)n(Cc2cccc(OCCO)c2)n1. The third kappa shape index (κ3) is 4.63. The number of ether oxygens (including phenoxy) is 1. The molecule has 0 aliphatic carbocycles. The van der Waals surface area contributed by atoms with E-state index in [9.17, 15) is 4.79 Å². The second-order valence-corrected chi connectivity index (χ2v) is 4.57. The molecule has 23 heavy (non-hydrogen) atoms. The molecule has 0 fully saturated rings. The van der Waals surface area contributed by atoms with Gasteiger partial charge in [0.15, 0.2) is 0 Å². The van der Waals surface area contributed by atoms with Crippen molar-refractivity contribution in [2.75, 3.05) is 20.3 Å². The maximum atomic E-state index is 11.9. The summed E-state index contributed by atoms with van der Waals surface area (Å²) in [6.07, 6.45) is 0. The Kier molecular flexibility index (Phi) is 5.84.